The number of halogens is 1. The second kappa shape index (κ2) is 9.25. The van der Waals surface area contributed by atoms with E-state index in [9.17, 15) is 4.79 Å². The number of pyridine rings is 1. The standard InChI is InChI=1S/C18H22ClN3O4S/c1-18(2,10-21-25-4)22-16(23)17(24-3)26-12-6-11-7-13(27-5)9-20-15(11)14(19)8-12/h6-10,17H,1-5H3,(H,22,23)/b21-10+. The monoisotopic (exact) mass is 411 g/mol. The van der Waals surface area contributed by atoms with Crippen molar-refractivity contribution in [3.8, 4) is 5.75 Å². The minimum atomic E-state index is -1.16. The summed E-state index contributed by atoms with van der Waals surface area (Å²) in [5.74, 6) is -0.0600. The van der Waals surface area contributed by atoms with E-state index in [0.29, 0.717) is 16.3 Å². The summed E-state index contributed by atoms with van der Waals surface area (Å²) in [4.78, 5) is 22.5. The fraction of sp³-hybridized carbons (Fsp3) is 0.389. The summed E-state index contributed by atoms with van der Waals surface area (Å²) >= 11 is 7.88. The molecule has 0 aliphatic carbocycles. The van der Waals surface area contributed by atoms with E-state index in [1.54, 1.807) is 43.9 Å². The molecule has 0 aliphatic heterocycles. The minimum absolute atomic E-state index is 0.401. The Balaban J connectivity index is 2.22. The number of carbonyl (C=O) groups is 1. The number of hydrogen-bond donors (Lipinski definition) is 1. The Morgan fingerprint density at radius 3 is 2.74 bits per heavy atom. The molecule has 2 aromatic rings. The molecule has 1 aromatic heterocycles. The van der Waals surface area contributed by atoms with Crippen LogP contribution >= 0.6 is 23.4 Å². The zero-order valence-electron chi connectivity index (χ0n) is 15.8. The first-order chi connectivity index (χ1) is 12.8. The molecule has 2 rings (SSSR count). The van der Waals surface area contributed by atoms with Gasteiger partial charge in [0.25, 0.3) is 12.2 Å². The number of rotatable bonds is 8. The number of nitrogens with one attached hydrogen (secondary N) is 1. The number of nitrogens with zero attached hydrogens (tertiary/aromatic N) is 2. The van der Waals surface area contributed by atoms with Crippen LogP contribution in [0.3, 0.4) is 0 Å². The lowest BCUT2D eigenvalue weighted by molar-refractivity contribution is -0.149. The van der Waals surface area contributed by atoms with E-state index in [4.69, 9.17) is 21.1 Å². The van der Waals surface area contributed by atoms with E-state index in [1.165, 1.54) is 20.4 Å². The van der Waals surface area contributed by atoms with Crippen LogP contribution in [0, 0.1) is 0 Å². The van der Waals surface area contributed by atoms with Gasteiger partial charge in [0, 0.05) is 29.7 Å². The fourth-order valence-electron chi connectivity index (χ4n) is 2.26. The first-order valence-corrected chi connectivity index (χ1v) is 9.62. The van der Waals surface area contributed by atoms with E-state index in [1.807, 2.05) is 12.3 Å². The summed E-state index contributed by atoms with van der Waals surface area (Å²) in [5, 5.41) is 7.69. The van der Waals surface area contributed by atoms with Gasteiger partial charge in [-0.2, -0.15) is 0 Å². The van der Waals surface area contributed by atoms with Gasteiger partial charge in [0.2, 0.25) is 0 Å². The van der Waals surface area contributed by atoms with Gasteiger partial charge in [0.1, 0.15) is 12.9 Å². The average molecular weight is 412 g/mol. The zero-order valence-corrected chi connectivity index (χ0v) is 17.4. The molecule has 0 saturated carbocycles. The van der Waals surface area contributed by atoms with Crippen molar-refractivity contribution in [1.82, 2.24) is 10.3 Å². The third-order valence-electron chi connectivity index (χ3n) is 3.52. The smallest absolute Gasteiger partial charge is 0.290 e. The predicted molar refractivity (Wildman–Crippen MR) is 108 cm³/mol. The van der Waals surface area contributed by atoms with Crippen molar-refractivity contribution in [3.63, 3.8) is 0 Å². The number of fused-ring (bicyclic) bond motifs is 1. The molecular formula is C18H22ClN3O4S. The fourth-order valence-corrected chi connectivity index (χ4v) is 2.93. The van der Waals surface area contributed by atoms with E-state index < -0.39 is 17.7 Å². The molecule has 0 aliphatic rings. The Morgan fingerprint density at radius 1 is 1.37 bits per heavy atom. The van der Waals surface area contributed by atoms with Crippen LogP contribution in [0.5, 0.6) is 5.75 Å². The molecule has 27 heavy (non-hydrogen) atoms. The molecule has 1 atom stereocenters. The van der Waals surface area contributed by atoms with Crippen molar-refractivity contribution >= 4 is 46.4 Å². The van der Waals surface area contributed by atoms with Crippen molar-refractivity contribution in [2.24, 2.45) is 5.16 Å². The number of benzene rings is 1. The van der Waals surface area contributed by atoms with Crippen LogP contribution in [-0.4, -0.2) is 49.4 Å². The first kappa shape index (κ1) is 21.3. The SMILES string of the molecule is CO/N=C/C(C)(C)NC(=O)C(OC)Oc1cc(Cl)c2ncc(SC)cc2c1. The maximum atomic E-state index is 12.5. The molecule has 0 spiro atoms. The molecule has 1 aromatic carbocycles. The summed E-state index contributed by atoms with van der Waals surface area (Å²) in [6.45, 7) is 3.53. The van der Waals surface area contributed by atoms with Crippen LogP contribution in [0.2, 0.25) is 5.02 Å². The number of carbonyl (C=O) groups excluding carboxylic acids is 1. The van der Waals surface area contributed by atoms with Crippen LogP contribution < -0.4 is 10.1 Å². The van der Waals surface area contributed by atoms with Crippen molar-refractivity contribution in [2.45, 2.75) is 30.6 Å². The second-order valence-electron chi connectivity index (χ2n) is 6.17. The molecular weight excluding hydrogens is 390 g/mol. The van der Waals surface area contributed by atoms with Crippen molar-refractivity contribution in [1.29, 1.82) is 0 Å². The van der Waals surface area contributed by atoms with E-state index >= 15 is 0 Å². The highest BCUT2D eigenvalue weighted by atomic mass is 35.5. The molecule has 1 unspecified atom stereocenters. The lowest BCUT2D eigenvalue weighted by Gasteiger charge is -2.24. The van der Waals surface area contributed by atoms with Gasteiger partial charge in [-0.05, 0) is 32.2 Å². The van der Waals surface area contributed by atoms with Crippen LogP contribution in [0.4, 0.5) is 0 Å². The highest BCUT2D eigenvalue weighted by Gasteiger charge is 2.26. The average Bonchev–Trinajstić information content (AvgIpc) is 2.63. The molecule has 1 amide bonds. The molecule has 146 valence electrons. The number of hydrogen-bond acceptors (Lipinski definition) is 7. The second-order valence-corrected chi connectivity index (χ2v) is 7.45. The summed E-state index contributed by atoms with van der Waals surface area (Å²) in [6.07, 6.45) is 4.03. The van der Waals surface area contributed by atoms with Crippen molar-refractivity contribution < 1.29 is 19.1 Å². The Kier molecular flexibility index (Phi) is 7.29. The number of oxime groups is 1. The number of thioether (sulfide) groups is 1. The molecule has 9 heteroatoms. The van der Waals surface area contributed by atoms with Crippen LogP contribution in [-0.2, 0) is 14.4 Å². The summed E-state index contributed by atoms with van der Waals surface area (Å²) in [7, 11) is 2.81. The molecule has 7 nitrogen and oxygen atoms in total. The van der Waals surface area contributed by atoms with Crippen LogP contribution in [0.15, 0.2) is 34.4 Å². The van der Waals surface area contributed by atoms with Crippen molar-refractivity contribution in [2.75, 3.05) is 20.5 Å². The van der Waals surface area contributed by atoms with Gasteiger partial charge in [-0.3, -0.25) is 9.78 Å². The lowest BCUT2D eigenvalue weighted by atomic mass is 10.1. The normalized spacial score (nSPS) is 13.0. The van der Waals surface area contributed by atoms with Crippen LogP contribution in [0.1, 0.15) is 13.8 Å². The summed E-state index contributed by atoms with van der Waals surface area (Å²) in [6, 6.07) is 5.33. The van der Waals surface area contributed by atoms with Gasteiger partial charge in [-0.15, -0.1) is 11.8 Å². The maximum Gasteiger partial charge on any atom is 0.290 e. The zero-order chi connectivity index (χ0) is 20.0. The quantitative estimate of drug-likeness (QED) is 0.310. The number of aromatic nitrogens is 1. The Labute approximate surface area is 167 Å². The van der Waals surface area contributed by atoms with Gasteiger partial charge in [0.05, 0.1) is 22.3 Å². The summed E-state index contributed by atoms with van der Waals surface area (Å²) < 4.78 is 10.9. The molecule has 0 radical (unpaired) electrons. The first-order valence-electron chi connectivity index (χ1n) is 8.02. The van der Waals surface area contributed by atoms with Gasteiger partial charge in [0.15, 0.2) is 0 Å². The Morgan fingerprint density at radius 2 is 2.11 bits per heavy atom. The molecule has 1 heterocycles. The number of ether oxygens (including phenoxy) is 2. The minimum Gasteiger partial charge on any atom is -0.455 e. The molecule has 0 bridgehead atoms. The largest absolute Gasteiger partial charge is 0.455 e. The third kappa shape index (κ3) is 5.72. The lowest BCUT2D eigenvalue weighted by Crippen LogP contribution is -2.51. The summed E-state index contributed by atoms with van der Waals surface area (Å²) in [5.41, 5.74) is -0.0806. The van der Waals surface area contributed by atoms with Gasteiger partial charge in [-0.1, -0.05) is 16.8 Å². The van der Waals surface area contributed by atoms with Gasteiger partial charge in [-0.25, -0.2) is 0 Å². The van der Waals surface area contributed by atoms with E-state index in [2.05, 4.69) is 20.3 Å². The maximum absolute atomic E-state index is 12.5. The highest BCUT2D eigenvalue weighted by Crippen LogP contribution is 2.30. The van der Waals surface area contributed by atoms with Gasteiger partial charge >= 0.3 is 0 Å². The molecule has 0 saturated heterocycles. The van der Waals surface area contributed by atoms with E-state index in [-0.39, 0.29) is 0 Å². The molecule has 1 N–H and O–H groups in total. The Bertz CT molecular complexity index is 845. The van der Waals surface area contributed by atoms with Crippen molar-refractivity contribution in [3.05, 3.63) is 29.4 Å². The number of methoxy groups -OCH3 is 1. The Hall–Kier alpha value is -2.03. The highest BCUT2D eigenvalue weighted by molar-refractivity contribution is 7.98. The topological polar surface area (TPSA) is 82.0 Å². The van der Waals surface area contributed by atoms with E-state index in [0.717, 1.165) is 10.3 Å². The molecule has 0 fully saturated rings. The third-order valence-corrected chi connectivity index (χ3v) is 4.50. The predicted octanol–water partition coefficient (Wildman–Crippen LogP) is 3.49. The van der Waals surface area contributed by atoms with Gasteiger partial charge < -0.3 is 19.6 Å². The number of amides is 1. The van der Waals surface area contributed by atoms with Crippen LogP contribution in [0.25, 0.3) is 10.9 Å².